The van der Waals surface area contributed by atoms with Crippen LogP contribution in [-0.4, -0.2) is 53.1 Å². The second-order valence-corrected chi connectivity index (χ2v) is 7.79. The third kappa shape index (κ3) is 3.81. The number of aliphatic carboxylic acids is 1. The first-order valence-electron chi connectivity index (χ1n) is 9.26. The number of carboxylic acids is 1. The first-order valence-corrected chi connectivity index (χ1v) is 9.26. The number of carbonyl (C=O) groups is 1. The van der Waals surface area contributed by atoms with Crippen molar-refractivity contribution in [3.8, 4) is 0 Å². The highest BCUT2D eigenvalue weighted by molar-refractivity contribution is 5.74. The molecule has 1 N–H and O–H groups in total. The molecule has 2 aliphatic heterocycles. The molecule has 24 heavy (non-hydrogen) atoms. The molecule has 0 aliphatic carbocycles. The van der Waals surface area contributed by atoms with Gasteiger partial charge in [0.15, 0.2) is 0 Å². The molecule has 4 nitrogen and oxygen atoms in total. The van der Waals surface area contributed by atoms with E-state index in [-0.39, 0.29) is 11.5 Å². The molecule has 4 heteroatoms. The Kier molecular flexibility index (Phi) is 5.26. The molecular formula is C20H30N2O2. The molecular weight excluding hydrogens is 300 g/mol. The van der Waals surface area contributed by atoms with Crippen molar-refractivity contribution in [2.45, 2.75) is 52.1 Å². The maximum atomic E-state index is 11.6. The highest BCUT2D eigenvalue weighted by Crippen LogP contribution is 2.43. The molecule has 0 amide bonds. The van der Waals surface area contributed by atoms with E-state index in [1.807, 2.05) is 0 Å². The standard InChI is InChI=1S/C20H30N2O2/c1-3-9-22-15-20(13-18(22)19(23)24)7-10-21(11-8-20)14-17-6-4-5-16(2)12-17/h4-6,12,18H,3,7-11,13-15H2,1-2H3,(H,23,24). The number of benzene rings is 1. The topological polar surface area (TPSA) is 43.8 Å². The molecule has 0 radical (unpaired) electrons. The maximum Gasteiger partial charge on any atom is 0.320 e. The maximum absolute atomic E-state index is 11.6. The molecule has 1 aromatic rings. The number of hydrogen-bond donors (Lipinski definition) is 1. The Bertz CT molecular complexity index is 579. The van der Waals surface area contributed by atoms with Gasteiger partial charge in [-0.05, 0) is 63.2 Å². The van der Waals surface area contributed by atoms with Gasteiger partial charge < -0.3 is 5.11 Å². The lowest BCUT2D eigenvalue weighted by atomic mass is 9.76. The summed E-state index contributed by atoms with van der Waals surface area (Å²) in [4.78, 5) is 16.3. The second-order valence-electron chi connectivity index (χ2n) is 7.79. The molecule has 1 atom stereocenters. The van der Waals surface area contributed by atoms with Gasteiger partial charge in [-0.15, -0.1) is 0 Å². The van der Waals surface area contributed by atoms with Crippen LogP contribution in [0.4, 0.5) is 0 Å². The lowest BCUT2D eigenvalue weighted by Crippen LogP contribution is -2.41. The van der Waals surface area contributed by atoms with Crippen LogP contribution in [0.15, 0.2) is 24.3 Å². The minimum atomic E-state index is -0.637. The fraction of sp³-hybridized carbons (Fsp3) is 0.650. The lowest BCUT2D eigenvalue weighted by molar-refractivity contribution is -0.142. The minimum absolute atomic E-state index is 0.224. The molecule has 0 aromatic heterocycles. The summed E-state index contributed by atoms with van der Waals surface area (Å²) in [5, 5.41) is 9.55. The molecule has 132 valence electrons. The van der Waals surface area contributed by atoms with Crippen LogP contribution in [-0.2, 0) is 11.3 Å². The summed E-state index contributed by atoms with van der Waals surface area (Å²) in [6, 6.07) is 8.47. The molecule has 2 aliphatic rings. The Balaban J connectivity index is 1.59. The van der Waals surface area contributed by atoms with Gasteiger partial charge in [0.25, 0.3) is 0 Å². The number of likely N-dealkylation sites (tertiary alicyclic amines) is 2. The Morgan fingerprint density at radius 2 is 2.08 bits per heavy atom. The van der Waals surface area contributed by atoms with Crippen LogP contribution in [0, 0.1) is 12.3 Å². The van der Waals surface area contributed by atoms with Crippen LogP contribution in [0.1, 0.15) is 43.7 Å². The van der Waals surface area contributed by atoms with Crippen LogP contribution < -0.4 is 0 Å². The quantitative estimate of drug-likeness (QED) is 0.901. The Morgan fingerprint density at radius 3 is 2.71 bits per heavy atom. The summed E-state index contributed by atoms with van der Waals surface area (Å²) in [6.45, 7) is 9.33. The number of rotatable bonds is 5. The third-order valence-electron chi connectivity index (χ3n) is 5.81. The zero-order valence-electron chi connectivity index (χ0n) is 15.0. The minimum Gasteiger partial charge on any atom is -0.480 e. The number of carboxylic acid groups (broad SMARTS) is 1. The van der Waals surface area contributed by atoms with Crippen molar-refractivity contribution >= 4 is 5.97 Å². The van der Waals surface area contributed by atoms with Crippen molar-refractivity contribution in [1.29, 1.82) is 0 Å². The summed E-state index contributed by atoms with van der Waals surface area (Å²) >= 11 is 0. The summed E-state index contributed by atoms with van der Waals surface area (Å²) in [6.07, 6.45) is 4.12. The molecule has 2 fully saturated rings. The molecule has 3 rings (SSSR count). The highest BCUT2D eigenvalue weighted by atomic mass is 16.4. The molecule has 1 spiro atoms. The van der Waals surface area contributed by atoms with Gasteiger partial charge in [-0.25, -0.2) is 0 Å². The summed E-state index contributed by atoms with van der Waals surface area (Å²) in [5.74, 6) is -0.637. The fourth-order valence-corrected chi connectivity index (χ4v) is 4.53. The summed E-state index contributed by atoms with van der Waals surface area (Å²) in [7, 11) is 0. The van der Waals surface area contributed by atoms with E-state index in [9.17, 15) is 9.90 Å². The molecule has 0 bridgehead atoms. The van der Waals surface area contributed by atoms with Crippen molar-refractivity contribution in [3.05, 3.63) is 35.4 Å². The molecule has 2 saturated heterocycles. The number of nitrogens with zero attached hydrogens (tertiary/aromatic N) is 2. The van der Waals surface area contributed by atoms with E-state index in [1.165, 1.54) is 11.1 Å². The molecule has 2 heterocycles. The second kappa shape index (κ2) is 7.24. The monoisotopic (exact) mass is 330 g/mol. The van der Waals surface area contributed by atoms with Crippen LogP contribution in [0.2, 0.25) is 0 Å². The van der Waals surface area contributed by atoms with Crippen LogP contribution in [0.25, 0.3) is 0 Å². The van der Waals surface area contributed by atoms with E-state index < -0.39 is 5.97 Å². The number of piperidine rings is 1. The van der Waals surface area contributed by atoms with E-state index >= 15 is 0 Å². The van der Waals surface area contributed by atoms with Gasteiger partial charge in [-0.1, -0.05) is 36.8 Å². The zero-order chi connectivity index (χ0) is 17.2. The van der Waals surface area contributed by atoms with Crippen molar-refractivity contribution in [3.63, 3.8) is 0 Å². The smallest absolute Gasteiger partial charge is 0.320 e. The van der Waals surface area contributed by atoms with E-state index in [2.05, 4.69) is 47.9 Å². The highest BCUT2D eigenvalue weighted by Gasteiger charge is 2.47. The Hall–Kier alpha value is -1.39. The van der Waals surface area contributed by atoms with Crippen LogP contribution >= 0.6 is 0 Å². The fourth-order valence-electron chi connectivity index (χ4n) is 4.53. The van der Waals surface area contributed by atoms with Gasteiger partial charge >= 0.3 is 5.97 Å². The average molecular weight is 330 g/mol. The predicted molar refractivity (Wildman–Crippen MR) is 96.0 cm³/mol. The third-order valence-corrected chi connectivity index (χ3v) is 5.81. The summed E-state index contributed by atoms with van der Waals surface area (Å²) in [5.41, 5.74) is 2.92. The van der Waals surface area contributed by atoms with Gasteiger partial charge in [0, 0.05) is 13.1 Å². The van der Waals surface area contributed by atoms with Gasteiger partial charge in [-0.3, -0.25) is 14.6 Å². The predicted octanol–water partition coefficient (Wildman–Crippen LogP) is 3.15. The van der Waals surface area contributed by atoms with Gasteiger partial charge in [-0.2, -0.15) is 0 Å². The zero-order valence-corrected chi connectivity index (χ0v) is 15.0. The van der Waals surface area contributed by atoms with Gasteiger partial charge in [0.05, 0.1) is 0 Å². The van der Waals surface area contributed by atoms with Crippen LogP contribution in [0.5, 0.6) is 0 Å². The Morgan fingerprint density at radius 1 is 1.33 bits per heavy atom. The number of hydrogen-bond acceptors (Lipinski definition) is 3. The summed E-state index contributed by atoms with van der Waals surface area (Å²) < 4.78 is 0. The molecule has 1 aromatic carbocycles. The first-order chi connectivity index (χ1) is 11.5. The average Bonchev–Trinajstić information content (AvgIpc) is 2.89. The molecule has 1 unspecified atom stereocenters. The lowest BCUT2D eigenvalue weighted by Gasteiger charge is -2.39. The number of aryl methyl sites for hydroxylation is 1. The molecule has 0 saturated carbocycles. The van der Waals surface area contributed by atoms with Crippen molar-refractivity contribution in [2.75, 3.05) is 26.2 Å². The Labute approximate surface area is 145 Å². The van der Waals surface area contributed by atoms with E-state index in [4.69, 9.17) is 0 Å². The van der Waals surface area contributed by atoms with E-state index in [1.54, 1.807) is 0 Å². The first kappa shape index (κ1) is 17.4. The van der Waals surface area contributed by atoms with E-state index in [0.717, 1.165) is 58.4 Å². The normalized spacial score (nSPS) is 24.5. The van der Waals surface area contributed by atoms with E-state index in [0.29, 0.717) is 0 Å². The largest absolute Gasteiger partial charge is 0.480 e. The van der Waals surface area contributed by atoms with Gasteiger partial charge in [0.1, 0.15) is 6.04 Å². The van der Waals surface area contributed by atoms with Crippen molar-refractivity contribution in [1.82, 2.24) is 9.80 Å². The van der Waals surface area contributed by atoms with Crippen LogP contribution in [0.3, 0.4) is 0 Å². The van der Waals surface area contributed by atoms with Gasteiger partial charge in [0.2, 0.25) is 0 Å². The van der Waals surface area contributed by atoms with Crippen molar-refractivity contribution < 1.29 is 9.90 Å². The SMILES string of the molecule is CCCN1CC2(CCN(Cc3cccc(C)c3)CC2)CC1C(=O)O. The van der Waals surface area contributed by atoms with Crippen molar-refractivity contribution in [2.24, 2.45) is 5.41 Å².